The summed E-state index contributed by atoms with van der Waals surface area (Å²) in [5, 5.41) is 1.89. The number of Topliss-reactive ketones (excluding diaryl/α,β-unsaturated/α-hetero) is 1. The number of fused-ring (bicyclic) bond motifs is 1. The molecule has 0 heterocycles. The number of carbonyl (C=O) groups is 1. The molecule has 1 aliphatic rings. The van der Waals surface area contributed by atoms with Gasteiger partial charge in [-0.1, -0.05) is 65.1 Å². The van der Waals surface area contributed by atoms with Crippen molar-refractivity contribution in [1.29, 1.82) is 0 Å². The molecule has 0 saturated carbocycles. The summed E-state index contributed by atoms with van der Waals surface area (Å²) in [6.07, 6.45) is 0.353. The van der Waals surface area contributed by atoms with Gasteiger partial charge in [0.05, 0.1) is 5.41 Å². The molecule has 0 aromatic heterocycles. The molecule has 0 bridgehead atoms. The van der Waals surface area contributed by atoms with Gasteiger partial charge in [-0.05, 0) is 53.1 Å². The lowest BCUT2D eigenvalue weighted by molar-refractivity contribution is 0.0984. The quantitative estimate of drug-likeness (QED) is 0.486. The number of ketones is 1. The van der Waals surface area contributed by atoms with Gasteiger partial charge in [-0.25, -0.2) is 0 Å². The minimum Gasteiger partial charge on any atom is -0.294 e. The largest absolute Gasteiger partial charge is 0.294 e. The second kappa shape index (κ2) is 6.17. The summed E-state index contributed by atoms with van der Waals surface area (Å²) in [7, 11) is 0. The Morgan fingerprint density at radius 1 is 0.680 bits per heavy atom. The van der Waals surface area contributed by atoms with Crippen molar-refractivity contribution in [2.45, 2.75) is 11.8 Å². The highest BCUT2D eigenvalue weighted by Crippen LogP contribution is 2.49. The van der Waals surface area contributed by atoms with Gasteiger partial charge < -0.3 is 0 Å². The van der Waals surface area contributed by atoms with Crippen LogP contribution in [0.25, 0.3) is 0 Å². The molecule has 124 valence electrons. The van der Waals surface area contributed by atoms with Gasteiger partial charge in [0.15, 0.2) is 5.78 Å². The fraction of sp³-hybridized carbons (Fsp3) is 0.0952. The SMILES string of the molecule is O=C1CC(c2ccc(Cl)cc2)(c2ccc(Cl)cc2)c2ccc(Cl)cc21. The van der Waals surface area contributed by atoms with Crippen molar-refractivity contribution in [3.05, 3.63) is 104 Å². The molecule has 0 spiro atoms. The average molecular weight is 388 g/mol. The van der Waals surface area contributed by atoms with Gasteiger partial charge in [0.1, 0.15) is 0 Å². The molecule has 0 N–H and O–H groups in total. The number of halogens is 3. The Balaban J connectivity index is 2.03. The highest BCUT2D eigenvalue weighted by atomic mass is 35.5. The van der Waals surface area contributed by atoms with E-state index in [1.54, 1.807) is 6.07 Å². The Morgan fingerprint density at radius 3 is 1.68 bits per heavy atom. The molecule has 0 aliphatic heterocycles. The Kier molecular flexibility index (Phi) is 4.11. The molecule has 3 aromatic carbocycles. The molecule has 4 rings (SSSR count). The summed E-state index contributed by atoms with van der Waals surface area (Å²) in [4.78, 5) is 12.8. The number of carbonyl (C=O) groups excluding carboxylic acids is 1. The Hall–Kier alpha value is -1.80. The van der Waals surface area contributed by atoms with Gasteiger partial charge >= 0.3 is 0 Å². The van der Waals surface area contributed by atoms with E-state index in [4.69, 9.17) is 34.8 Å². The first-order valence-corrected chi connectivity index (χ1v) is 8.99. The first kappa shape index (κ1) is 16.7. The minimum absolute atomic E-state index is 0.0856. The summed E-state index contributed by atoms with van der Waals surface area (Å²) < 4.78 is 0. The molecule has 0 saturated heterocycles. The van der Waals surface area contributed by atoms with E-state index in [1.807, 2.05) is 60.7 Å². The van der Waals surface area contributed by atoms with Crippen LogP contribution in [0.4, 0.5) is 0 Å². The molecular formula is C21H13Cl3O. The van der Waals surface area contributed by atoms with Gasteiger partial charge in [0.25, 0.3) is 0 Å². The van der Waals surface area contributed by atoms with E-state index in [1.165, 1.54) is 0 Å². The maximum absolute atomic E-state index is 12.8. The Labute approximate surface area is 161 Å². The standard InChI is InChI=1S/C21H13Cl3O/c22-15-5-1-13(2-6-15)21(14-3-7-16(23)8-4-14)12-20(25)18-11-17(24)9-10-19(18)21/h1-11H,12H2. The molecule has 4 heteroatoms. The zero-order valence-electron chi connectivity index (χ0n) is 13.1. The first-order chi connectivity index (χ1) is 12.0. The van der Waals surface area contributed by atoms with Crippen LogP contribution in [-0.2, 0) is 5.41 Å². The van der Waals surface area contributed by atoms with E-state index in [2.05, 4.69) is 0 Å². The monoisotopic (exact) mass is 386 g/mol. The van der Waals surface area contributed by atoms with E-state index in [-0.39, 0.29) is 5.78 Å². The van der Waals surface area contributed by atoms with Gasteiger partial charge in [-0.15, -0.1) is 0 Å². The zero-order valence-corrected chi connectivity index (χ0v) is 15.4. The Morgan fingerprint density at radius 2 is 1.16 bits per heavy atom. The molecule has 0 unspecified atom stereocenters. The van der Waals surface area contributed by atoms with Crippen LogP contribution >= 0.6 is 34.8 Å². The fourth-order valence-electron chi connectivity index (χ4n) is 3.70. The predicted molar refractivity (Wildman–Crippen MR) is 103 cm³/mol. The van der Waals surface area contributed by atoms with Gasteiger partial charge in [0, 0.05) is 27.1 Å². The summed E-state index contributed by atoms with van der Waals surface area (Å²) >= 11 is 18.3. The summed E-state index contributed by atoms with van der Waals surface area (Å²) in [5.74, 6) is 0.0856. The molecule has 0 amide bonds. The van der Waals surface area contributed by atoms with E-state index < -0.39 is 5.41 Å². The van der Waals surface area contributed by atoms with Gasteiger partial charge in [-0.3, -0.25) is 4.79 Å². The van der Waals surface area contributed by atoms with Crippen LogP contribution in [0.5, 0.6) is 0 Å². The van der Waals surface area contributed by atoms with E-state index in [0.29, 0.717) is 27.1 Å². The number of rotatable bonds is 2. The van der Waals surface area contributed by atoms with Crippen molar-refractivity contribution in [2.75, 3.05) is 0 Å². The van der Waals surface area contributed by atoms with Crippen molar-refractivity contribution in [2.24, 2.45) is 0 Å². The topological polar surface area (TPSA) is 17.1 Å². The van der Waals surface area contributed by atoms with Crippen molar-refractivity contribution >= 4 is 40.6 Å². The number of hydrogen-bond donors (Lipinski definition) is 0. The minimum atomic E-state index is -0.563. The Bertz CT molecular complexity index is 914. The molecule has 1 aliphatic carbocycles. The predicted octanol–water partition coefficient (Wildman–Crippen LogP) is 6.57. The molecular weight excluding hydrogens is 375 g/mol. The smallest absolute Gasteiger partial charge is 0.164 e. The van der Waals surface area contributed by atoms with Gasteiger partial charge in [0.2, 0.25) is 0 Å². The maximum Gasteiger partial charge on any atom is 0.164 e. The fourth-order valence-corrected chi connectivity index (χ4v) is 4.13. The lowest BCUT2D eigenvalue weighted by Gasteiger charge is -2.31. The average Bonchev–Trinajstić information content (AvgIpc) is 2.89. The molecule has 1 nitrogen and oxygen atoms in total. The molecule has 0 atom stereocenters. The van der Waals surface area contributed by atoms with Crippen molar-refractivity contribution in [1.82, 2.24) is 0 Å². The zero-order chi connectivity index (χ0) is 17.6. The van der Waals surface area contributed by atoms with Crippen LogP contribution in [0.3, 0.4) is 0 Å². The molecule has 3 aromatic rings. The van der Waals surface area contributed by atoms with Crippen LogP contribution in [0, 0.1) is 0 Å². The third-order valence-electron chi connectivity index (χ3n) is 4.84. The second-order valence-electron chi connectivity index (χ2n) is 6.21. The molecule has 25 heavy (non-hydrogen) atoms. The van der Waals surface area contributed by atoms with Crippen molar-refractivity contribution in [3.8, 4) is 0 Å². The maximum atomic E-state index is 12.8. The van der Waals surface area contributed by atoms with Crippen LogP contribution in [0.2, 0.25) is 15.1 Å². The summed E-state index contributed by atoms with van der Waals surface area (Å²) in [5.41, 5.74) is 3.12. The number of benzene rings is 3. The third kappa shape index (κ3) is 2.67. The van der Waals surface area contributed by atoms with Gasteiger partial charge in [-0.2, -0.15) is 0 Å². The highest BCUT2D eigenvalue weighted by molar-refractivity contribution is 6.31. The molecule has 0 radical (unpaired) electrons. The van der Waals surface area contributed by atoms with Crippen molar-refractivity contribution in [3.63, 3.8) is 0 Å². The lowest BCUT2D eigenvalue weighted by atomic mass is 9.70. The number of hydrogen-bond acceptors (Lipinski definition) is 1. The summed E-state index contributed by atoms with van der Waals surface area (Å²) in [6, 6.07) is 20.9. The van der Waals surface area contributed by atoms with Crippen molar-refractivity contribution < 1.29 is 4.79 Å². The van der Waals surface area contributed by atoms with Crippen LogP contribution in [0.1, 0.15) is 33.5 Å². The highest BCUT2D eigenvalue weighted by Gasteiger charge is 2.46. The first-order valence-electron chi connectivity index (χ1n) is 7.86. The molecule has 0 fully saturated rings. The van der Waals surface area contributed by atoms with E-state index in [9.17, 15) is 4.79 Å². The second-order valence-corrected chi connectivity index (χ2v) is 7.52. The van der Waals surface area contributed by atoms with Crippen LogP contribution in [-0.4, -0.2) is 5.78 Å². The van der Waals surface area contributed by atoms with Crippen LogP contribution < -0.4 is 0 Å². The van der Waals surface area contributed by atoms with Crippen LogP contribution in [0.15, 0.2) is 66.7 Å². The van der Waals surface area contributed by atoms with E-state index >= 15 is 0 Å². The third-order valence-corrected chi connectivity index (χ3v) is 5.58. The normalized spacial score (nSPS) is 15.2. The lowest BCUT2D eigenvalue weighted by Crippen LogP contribution is -2.27. The van der Waals surface area contributed by atoms with E-state index in [0.717, 1.165) is 16.7 Å². The summed E-state index contributed by atoms with van der Waals surface area (Å²) in [6.45, 7) is 0.